The van der Waals surface area contributed by atoms with Crippen molar-refractivity contribution in [3.05, 3.63) is 0 Å². The van der Waals surface area contributed by atoms with Crippen LogP contribution in [0.15, 0.2) is 0 Å². The summed E-state index contributed by atoms with van der Waals surface area (Å²) in [5, 5.41) is 3.58. The highest BCUT2D eigenvalue weighted by Crippen LogP contribution is 2.34. The van der Waals surface area contributed by atoms with Gasteiger partial charge in [-0.05, 0) is 57.5 Å². The molecule has 3 aliphatic rings. The first-order chi connectivity index (χ1) is 8.43. The van der Waals surface area contributed by atoms with Gasteiger partial charge >= 0.3 is 0 Å². The molecule has 98 valence electrons. The Hall–Kier alpha value is -0.0800. The summed E-state index contributed by atoms with van der Waals surface area (Å²) in [5.74, 6) is 0.936. The minimum absolute atomic E-state index is 0.936. The van der Waals surface area contributed by atoms with E-state index in [-0.39, 0.29) is 0 Å². The van der Waals surface area contributed by atoms with Gasteiger partial charge in [-0.25, -0.2) is 0 Å². The van der Waals surface area contributed by atoms with E-state index in [1.54, 1.807) is 0 Å². The second kappa shape index (κ2) is 5.71. The van der Waals surface area contributed by atoms with E-state index >= 15 is 0 Å². The standard InChI is InChI=1S/C15H28N2/c1-2-6-14(7-3-1)17(15-8-9-15)12-13-5-4-10-16-11-13/h13-16H,1-12H2. The van der Waals surface area contributed by atoms with Crippen LogP contribution in [0.25, 0.3) is 0 Å². The number of hydrogen-bond acceptors (Lipinski definition) is 2. The van der Waals surface area contributed by atoms with E-state index in [1.807, 2.05) is 0 Å². The van der Waals surface area contributed by atoms with Gasteiger partial charge in [-0.2, -0.15) is 0 Å². The van der Waals surface area contributed by atoms with Gasteiger partial charge < -0.3 is 5.32 Å². The van der Waals surface area contributed by atoms with Gasteiger partial charge in [0.2, 0.25) is 0 Å². The Bertz CT molecular complexity index is 225. The monoisotopic (exact) mass is 236 g/mol. The Kier molecular flexibility index (Phi) is 4.02. The first-order valence-corrected chi connectivity index (χ1v) is 7.90. The van der Waals surface area contributed by atoms with Crippen molar-refractivity contribution < 1.29 is 0 Å². The van der Waals surface area contributed by atoms with Crippen LogP contribution in [0.1, 0.15) is 57.8 Å². The Labute approximate surface area is 106 Å². The van der Waals surface area contributed by atoms with Gasteiger partial charge in [0.05, 0.1) is 0 Å². The van der Waals surface area contributed by atoms with E-state index < -0.39 is 0 Å². The van der Waals surface area contributed by atoms with Crippen LogP contribution >= 0.6 is 0 Å². The topological polar surface area (TPSA) is 15.3 Å². The van der Waals surface area contributed by atoms with Crippen LogP contribution in [0.5, 0.6) is 0 Å². The third kappa shape index (κ3) is 3.23. The number of nitrogens with zero attached hydrogens (tertiary/aromatic N) is 1. The summed E-state index contributed by atoms with van der Waals surface area (Å²) in [6, 6.07) is 1.92. The summed E-state index contributed by atoms with van der Waals surface area (Å²) in [7, 11) is 0. The van der Waals surface area contributed by atoms with E-state index in [1.165, 1.54) is 77.4 Å². The van der Waals surface area contributed by atoms with Crippen molar-refractivity contribution in [3.63, 3.8) is 0 Å². The maximum absolute atomic E-state index is 3.58. The van der Waals surface area contributed by atoms with Crippen LogP contribution in [0.2, 0.25) is 0 Å². The predicted octanol–water partition coefficient (Wildman–Crippen LogP) is 2.78. The molecule has 17 heavy (non-hydrogen) atoms. The van der Waals surface area contributed by atoms with Crippen LogP contribution in [-0.4, -0.2) is 36.6 Å². The molecule has 1 N–H and O–H groups in total. The normalized spacial score (nSPS) is 31.9. The van der Waals surface area contributed by atoms with Crippen LogP contribution in [0.4, 0.5) is 0 Å². The number of hydrogen-bond donors (Lipinski definition) is 1. The zero-order valence-electron chi connectivity index (χ0n) is 11.2. The van der Waals surface area contributed by atoms with Gasteiger partial charge in [-0.1, -0.05) is 19.3 Å². The Morgan fingerprint density at radius 1 is 0.824 bits per heavy atom. The van der Waals surface area contributed by atoms with Crippen molar-refractivity contribution in [1.82, 2.24) is 10.2 Å². The van der Waals surface area contributed by atoms with Gasteiger partial charge in [0, 0.05) is 18.6 Å². The molecule has 0 aromatic carbocycles. The Morgan fingerprint density at radius 2 is 1.59 bits per heavy atom. The molecule has 1 unspecified atom stereocenters. The Balaban J connectivity index is 1.55. The molecular weight excluding hydrogens is 208 g/mol. The Morgan fingerprint density at radius 3 is 2.24 bits per heavy atom. The minimum atomic E-state index is 0.936. The number of piperidine rings is 1. The largest absolute Gasteiger partial charge is 0.316 e. The van der Waals surface area contributed by atoms with Crippen LogP contribution in [-0.2, 0) is 0 Å². The van der Waals surface area contributed by atoms with E-state index in [2.05, 4.69) is 10.2 Å². The maximum atomic E-state index is 3.58. The molecule has 0 spiro atoms. The molecular formula is C15H28N2. The lowest BCUT2D eigenvalue weighted by Gasteiger charge is -2.38. The van der Waals surface area contributed by atoms with E-state index in [0.29, 0.717) is 0 Å². The molecule has 1 atom stereocenters. The lowest BCUT2D eigenvalue weighted by Crippen LogP contribution is -2.44. The van der Waals surface area contributed by atoms with Crippen molar-refractivity contribution in [2.24, 2.45) is 5.92 Å². The smallest absolute Gasteiger partial charge is 0.00994 e. The molecule has 0 amide bonds. The van der Waals surface area contributed by atoms with Gasteiger partial charge in [-0.3, -0.25) is 4.90 Å². The fourth-order valence-electron chi connectivity index (χ4n) is 3.79. The molecule has 1 aliphatic heterocycles. The summed E-state index contributed by atoms with van der Waals surface area (Å²) >= 11 is 0. The molecule has 1 saturated heterocycles. The maximum Gasteiger partial charge on any atom is 0.00994 e. The summed E-state index contributed by atoms with van der Waals surface area (Å²) < 4.78 is 0. The molecule has 1 heterocycles. The highest BCUT2D eigenvalue weighted by Gasteiger charge is 2.35. The zero-order chi connectivity index (χ0) is 11.5. The molecule has 0 aromatic rings. The number of rotatable bonds is 4. The quantitative estimate of drug-likeness (QED) is 0.807. The lowest BCUT2D eigenvalue weighted by atomic mass is 9.92. The second-order valence-corrected chi connectivity index (χ2v) is 6.43. The lowest BCUT2D eigenvalue weighted by molar-refractivity contribution is 0.116. The molecule has 2 saturated carbocycles. The van der Waals surface area contributed by atoms with Gasteiger partial charge in [0.1, 0.15) is 0 Å². The second-order valence-electron chi connectivity index (χ2n) is 6.43. The minimum Gasteiger partial charge on any atom is -0.316 e. The summed E-state index contributed by atoms with van der Waals surface area (Å²) in [6.07, 6.45) is 13.2. The van der Waals surface area contributed by atoms with Gasteiger partial charge in [0.25, 0.3) is 0 Å². The summed E-state index contributed by atoms with van der Waals surface area (Å²) in [4.78, 5) is 2.91. The zero-order valence-corrected chi connectivity index (χ0v) is 11.2. The van der Waals surface area contributed by atoms with Crippen molar-refractivity contribution in [2.75, 3.05) is 19.6 Å². The van der Waals surface area contributed by atoms with E-state index in [9.17, 15) is 0 Å². The highest BCUT2D eigenvalue weighted by molar-refractivity contribution is 4.91. The molecule has 3 rings (SSSR count). The van der Waals surface area contributed by atoms with Crippen LogP contribution < -0.4 is 5.32 Å². The number of nitrogens with one attached hydrogen (secondary N) is 1. The summed E-state index contributed by atoms with van der Waals surface area (Å²) in [6.45, 7) is 3.92. The fourth-order valence-corrected chi connectivity index (χ4v) is 3.79. The molecule has 0 radical (unpaired) electrons. The average molecular weight is 236 g/mol. The van der Waals surface area contributed by atoms with Gasteiger partial charge in [-0.15, -0.1) is 0 Å². The molecule has 0 bridgehead atoms. The third-order valence-electron chi connectivity index (χ3n) is 4.93. The van der Waals surface area contributed by atoms with E-state index in [4.69, 9.17) is 0 Å². The van der Waals surface area contributed by atoms with Crippen LogP contribution in [0, 0.1) is 5.92 Å². The molecule has 2 nitrogen and oxygen atoms in total. The van der Waals surface area contributed by atoms with E-state index in [0.717, 1.165) is 18.0 Å². The first kappa shape index (κ1) is 12.0. The van der Waals surface area contributed by atoms with Crippen molar-refractivity contribution >= 4 is 0 Å². The highest BCUT2D eigenvalue weighted by atomic mass is 15.2. The third-order valence-corrected chi connectivity index (χ3v) is 4.93. The van der Waals surface area contributed by atoms with Crippen molar-refractivity contribution in [1.29, 1.82) is 0 Å². The molecule has 0 aromatic heterocycles. The molecule has 3 fully saturated rings. The SMILES string of the molecule is C1CCC(N(CC2CCCNC2)C2CC2)CC1. The first-order valence-electron chi connectivity index (χ1n) is 7.90. The van der Waals surface area contributed by atoms with Crippen molar-refractivity contribution in [3.8, 4) is 0 Å². The fraction of sp³-hybridized carbons (Fsp3) is 1.00. The predicted molar refractivity (Wildman–Crippen MR) is 72.2 cm³/mol. The van der Waals surface area contributed by atoms with Crippen molar-refractivity contribution in [2.45, 2.75) is 69.9 Å². The van der Waals surface area contributed by atoms with Gasteiger partial charge in [0.15, 0.2) is 0 Å². The van der Waals surface area contributed by atoms with Crippen LogP contribution in [0.3, 0.4) is 0 Å². The molecule has 2 heteroatoms. The average Bonchev–Trinajstić information content (AvgIpc) is 3.23. The summed E-state index contributed by atoms with van der Waals surface area (Å²) in [5.41, 5.74) is 0. The molecule has 2 aliphatic carbocycles.